The van der Waals surface area contributed by atoms with E-state index < -0.39 is 10.0 Å². The number of carbonyl (C=O) groups excluding carboxylic acids is 1. The minimum Gasteiger partial charge on any atom is -0.377 e. The average molecular weight is 460 g/mol. The van der Waals surface area contributed by atoms with Crippen LogP contribution in [0.3, 0.4) is 0 Å². The molecule has 3 rings (SSSR count). The monoisotopic (exact) mass is 459 g/mol. The summed E-state index contributed by atoms with van der Waals surface area (Å²) in [6.45, 7) is 7.63. The van der Waals surface area contributed by atoms with Crippen LogP contribution in [0, 0.1) is 13.8 Å². The lowest BCUT2D eigenvalue weighted by Gasteiger charge is -2.33. The molecule has 0 unspecified atom stereocenters. The van der Waals surface area contributed by atoms with E-state index >= 15 is 0 Å². The Hall–Kier alpha value is -2.26. The maximum absolute atomic E-state index is 13.0. The van der Waals surface area contributed by atoms with Gasteiger partial charge in [0.2, 0.25) is 15.9 Å². The molecule has 0 saturated carbocycles. The molecular formula is C24H33N3O4S. The summed E-state index contributed by atoms with van der Waals surface area (Å²) >= 11 is 0. The number of aryl methyl sites for hydroxylation is 2. The molecule has 0 atom stereocenters. The van der Waals surface area contributed by atoms with Gasteiger partial charge in [0.25, 0.3) is 0 Å². The van der Waals surface area contributed by atoms with Crippen molar-refractivity contribution >= 4 is 15.9 Å². The lowest BCUT2D eigenvalue weighted by atomic mass is 10.2. The van der Waals surface area contributed by atoms with E-state index in [9.17, 15) is 13.2 Å². The molecule has 1 fully saturated rings. The predicted molar refractivity (Wildman–Crippen MR) is 125 cm³/mol. The zero-order valence-electron chi connectivity index (χ0n) is 18.9. The molecule has 1 aliphatic rings. The van der Waals surface area contributed by atoms with E-state index in [-0.39, 0.29) is 12.5 Å². The third kappa shape index (κ3) is 6.87. The van der Waals surface area contributed by atoms with Crippen LogP contribution in [0.1, 0.15) is 23.1 Å². The molecule has 2 aromatic carbocycles. The largest absolute Gasteiger partial charge is 0.377 e. The Bertz CT molecular complexity index is 988. The van der Waals surface area contributed by atoms with Gasteiger partial charge < -0.3 is 10.1 Å². The zero-order valence-corrected chi connectivity index (χ0v) is 19.7. The number of sulfonamides is 1. The first kappa shape index (κ1) is 24.4. The van der Waals surface area contributed by atoms with Crippen molar-refractivity contribution in [3.63, 3.8) is 0 Å². The number of amides is 1. The van der Waals surface area contributed by atoms with Crippen molar-refractivity contribution in [2.24, 2.45) is 0 Å². The van der Waals surface area contributed by atoms with Crippen LogP contribution in [0.15, 0.2) is 53.4 Å². The minimum atomic E-state index is -3.51. The summed E-state index contributed by atoms with van der Waals surface area (Å²) in [5.74, 6) is -0.0428. The second-order valence-electron chi connectivity index (χ2n) is 8.19. The highest BCUT2D eigenvalue weighted by Gasteiger charge is 2.30. The SMILES string of the molecule is Cc1ccc(S(=O)(=O)N2CCN(CC(=O)NCCCOCc3ccccc3)CC2)c(C)c1. The number of piperazine rings is 1. The molecule has 0 aromatic heterocycles. The van der Waals surface area contributed by atoms with E-state index in [1.807, 2.05) is 61.2 Å². The summed E-state index contributed by atoms with van der Waals surface area (Å²) in [5, 5.41) is 2.92. The van der Waals surface area contributed by atoms with Gasteiger partial charge in [-0.25, -0.2) is 8.42 Å². The summed E-state index contributed by atoms with van der Waals surface area (Å²) in [5.41, 5.74) is 2.94. The maximum Gasteiger partial charge on any atom is 0.243 e. The van der Waals surface area contributed by atoms with E-state index in [2.05, 4.69) is 5.32 Å². The van der Waals surface area contributed by atoms with Gasteiger partial charge in [0.15, 0.2) is 0 Å². The summed E-state index contributed by atoms with van der Waals surface area (Å²) < 4.78 is 33.1. The summed E-state index contributed by atoms with van der Waals surface area (Å²) in [7, 11) is -3.51. The molecule has 1 N–H and O–H groups in total. The Morgan fingerprint density at radius 2 is 1.75 bits per heavy atom. The number of carbonyl (C=O) groups is 1. The molecule has 0 bridgehead atoms. The van der Waals surface area contributed by atoms with Gasteiger partial charge in [-0.2, -0.15) is 4.31 Å². The average Bonchev–Trinajstić information content (AvgIpc) is 2.77. The molecule has 0 radical (unpaired) electrons. The highest BCUT2D eigenvalue weighted by molar-refractivity contribution is 7.89. The van der Waals surface area contributed by atoms with Crippen LogP contribution < -0.4 is 5.32 Å². The molecule has 1 amide bonds. The molecule has 2 aromatic rings. The number of nitrogens with zero attached hydrogens (tertiary/aromatic N) is 2. The molecule has 1 heterocycles. The first-order valence-electron chi connectivity index (χ1n) is 11.0. The Balaban J connectivity index is 1.34. The second kappa shape index (κ2) is 11.6. The highest BCUT2D eigenvalue weighted by Crippen LogP contribution is 2.22. The Labute approximate surface area is 191 Å². The van der Waals surface area contributed by atoms with Crippen molar-refractivity contribution in [3.05, 3.63) is 65.2 Å². The molecule has 8 heteroatoms. The number of rotatable bonds is 10. The van der Waals surface area contributed by atoms with Crippen LogP contribution in [0.25, 0.3) is 0 Å². The topological polar surface area (TPSA) is 79.0 Å². The van der Waals surface area contributed by atoms with Crippen LogP contribution >= 0.6 is 0 Å². The second-order valence-corrected chi connectivity index (χ2v) is 10.1. The van der Waals surface area contributed by atoms with Crippen LogP contribution in [-0.2, 0) is 26.2 Å². The standard InChI is InChI=1S/C24H33N3O4S/c1-20-9-10-23(21(2)17-20)32(29,30)27-14-12-26(13-15-27)18-24(28)25-11-6-16-31-19-22-7-4-3-5-8-22/h3-5,7-10,17H,6,11-16,18-19H2,1-2H3,(H,25,28). The summed E-state index contributed by atoms with van der Waals surface area (Å²) in [6, 6.07) is 15.4. The van der Waals surface area contributed by atoms with Gasteiger partial charge in [-0.3, -0.25) is 9.69 Å². The van der Waals surface area contributed by atoms with E-state index in [4.69, 9.17) is 4.74 Å². The van der Waals surface area contributed by atoms with Crippen molar-refractivity contribution in [3.8, 4) is 0 Å². The van der Waals surface area contributed by atoms with Crippen LogP contribution in [0.2, 0.25) is 0 Å². The first-order valence-corrected chi connectivity index (χ1v) is 12.5. The Morgan fingerprint density at radius 1 is 1.03 bits per heavy atom. The zero-order chi connectivity index (χ0) is 23.0. The fraction of sp³-hybridized carbons (Fsp3) is 0.458. The van der Waals surface area contributed by atoms with Crippen molar-refractivity contribution in [2.45, 2.75) is 31.8 Å². The number of hydrogen-bond donors (Lipinski definition) is 1. The Morgan fingerprint density at radius 3 is 2.44 bits per heavy atom. The van der Waals surface area contributed by atoms with Crippen molar-refractivity contribution in [1.82, 2.24) is 14.5 Å². The molecule has 1 saturated heterocycles. The Kier molecular flexibility index (Phi) is 8.81. The molecule has 0 spiro atoms. The van der Waals surface area contributed by atoms with Crippen molar-refractivity contribution in [1.29, 1.82) is 0 Å². The van der Waals surface area contributed by atoms with Crippen LogP contribution in [-0.4, -0.2) is 69.4 Å². The number of ether oxygens (including phenoxy) is 1. The van der Waals surface area contributed by atoms with Gasteiger partial charge in [-0.15, -0.1) is 0 Å². The van der Waals surface area contributed by atoms with E-state index in [0.29, 0.717) is 50.8 Å². The molecule has 32 heavy (non-hydrogen) atoms. The smallest absolute Gasteiger partial charge is 0.243 e. The summed E-state index contributed by atoms with van der Waals surface area (Å²) in [6.07, 6.45) is 0.750. The van der Waals surface area contributed by atoms with Gasteiger partial charge in [0.1, 0.15) is 0 Å². The maximum atomic E-state index is 13.0. The fourth-order valence-corrected chi connectivity index (χ4v) is 5.41. The summed E-state index contributed by atoms with van der Waals surface area (Å²) in [4.78, 5) is 14.6. The lowest BCUT2D eigenvalue weighted by molar-refractivity contribution is -0.122. The molecule has 7 nitrogen and oxygen atoms in total. The van der Waals surface area contributed by atoms with Gasteiger partial charge in [0, 0.05) is 39.3 Å². The third-order valence-electron chi connectivity index (χ3n) is 5.55. The van der Waals surface area contributed by atoms with Gasteiger partial charge in [-0.05, 0) is 37.5 Å². The predicted octanol–water partition coefficient (Wildman–Crippen LogP) is 2.33. The number of hydrogen-bond acceptors (Lipinski definition) is 5. The van der Waals surface area contributed by atoms with Crippen LogP contribution in [0.5, 0.6) is 0 Å². The highest BCUT2D eigenvalue weighted by atomic mass is 32.2. The van der Waals surface area contributed by atoms with Gasteiger partial charge in [0.05, 0.1) is 18.0 Å². The van der Waals surface area contributed by atoms with E-state index in [1.54, 1.807) is 6.07 Å². The van der Waals surface area contributed by atoms with E-state index in [1.165, 1.54) is 4.31 Å². The van der Waals surface area contributed by atoms with Gasteiger partial charge in [-0.1, -0.05) is 48.0 Å². The van der Waals surface area contributed by atoms with Gasteiger partial charge >= 0.3 is 0 Å². The molecule has 174 valence electrons. The van der Waals surface area contributed by atoms with Crippen molar-refractivity contribution in [2.75, 3.05) is 45.9 Å². The molecule has 1 aliphatic heterocycles. The number of benzene rings is 2. The minimum absolute atomic E-state index is 0.0428. The van der Waals surface area contributed by atoms with Crippen LogP contribution in [0.4, 0.5) is 0 Å². The lowest BCUT2D eigenvalue weighted by Crippen LogP contribution is -2.51. The fourth-order valence-electron chi connectivity index (χ4n) is 3.78. The third-order valence-corrected chi connectivity index (χ3v) is 7.60. The molecular weight excluding hydrogens is 426 g/mol. The first-order chi connectivity index (χ1) is 15.4. The number of nitrogens with one attached hydrogen (secondary N) is 1. The molecule has 0 aliphatic carbocycles. The quantitative estimate of drug-likeness (QED) is 0.552. The van der Waals surface area contributed by atoms with Crippen molar-refractivity contribution < 1.29 is 17.9 Å². The van der Waals surface area contributed by atoms with E-state index in [0.717, 1.165) is 23.1 Å². The normalized spacial score (nSPS) is 15.6.